The molecule has 3 N–H and O–H groups in total. The van der Waals surface area contributed by atoms with Crippen LogP contribution in [0.1, 0.15) is 25.0 Å². The van der Waals surface area contributed by atoms with Crippen molar-refractivity contribution in [3.63, 3.8) is 0 Å². The first-order chi connectivity index (χ1) is 9.54. The molecule has 5 nitrogen and oxygen atoms in total. The predicted molar refractivity (Wildman–Crippen MR) is 77.5 cm³/mol. The number of aliphatic imine (C=N–C) groups is 1. The van der Waals surface area contributed by atoms with Gasteiger partial charge in [-0.1, -0.05) is 38.1 Å². The fourth-order valence-corrected chi connectivity index (χ4v) is 1.94. The van der Waals surface area contributed by atoms with E-state index in [4.69, 9.17) is 5.73 Å². The predicted octanol–water partition coefficient (Wildman–Crippen LogP) is 1.41. The van der Waals surface area contributed by atoms with Crippen LogP contribution in [0, 0.1) is 17.2 Å². The van der Waals surface area contributed by atoms with Crippen LogP contribution in [-0.2, 0) is 4.79 Å². The number of nitrogens with zero attached hydrogens (tertiary/aromatic N) is 2. The smallest absolute Gasteiger partial charge is 0.264 e. The number of amides is 1. The van der Waals surface area contributed by atoms with Crippen LogP contribution < -0.4 is 11.1 Å². The van der Waals surface area contributed by atoms with E-state index in [1.165, 1.54) is 0 Å². The molecule has 1 aliphatic rings. The summed E-state index contributed by atoms with van der Waals surface area (Å²) in [7, 11) is 0. The number of fused-ring (bicyclic) bond motifs is 1. The fourth-order valence-electron chi connectivity index (χ4n) is 1.94. The van der Waals surface area contributed by atoms with E-state index in [2.05, 4.69) is 10.3 Å². The van der Waals surface area contributed by atoms with Gasteiger partial charge < -0.3 is 11.1 Å². The lowest BCUT2D eigenvalue weighted by Gasteiger charge is -2.08. The lowest BCUT2D eigenvalue weighted by atomic mass is 10.0. The third-order valence-electron chi connectivity index (χ3n) is 2.94. The highest BCUT2D eigenvalue weighted by atomic mass is 16.1. The number of carbonyl (C=O) groups excluding carboxylic acids is 1. The molecule has 1 amide bonds. The number of nitriles is 1. The van der Waals surface area contributed by atoms with E-state index in [-0.39, 0.29) is 5.57 Å². The van der Waals surface area contributed by atoms with Crippen LogP contribution in [0.4, 0.5) is 0 Å². The SMILES string of the molecule is CC(C)CNC(=O)/C(C#N)=C1\N=C(N)c2ccccc21. The summed E-state index contributed by atoms with van der Waals surface area (Å²) in [6.07, 6.45) is 0. The molecule has 0 saturated heterocycles. The van der Waals surface area contributed by atoms with Crippen LogP contribution in [0.25, 0.3) is 5.70 Å². The Morgan fingerprint density at radius 1 is 1.40 bits per heavy atom. The minimum absolute atomic E-state index is 0.00134. The van der Waals surface area contributed by atoms with Gasteiger partial charge in [-0.05, 0) is 5.92 Å². The van der Waals surface area contributed by atoms with Crippen molar-refractivity contribution in [2.24, 2.45) is 16.6 Å². The van der Waals surface area contributed by atoms with E-state index < -0.39 is 5.91 Å². The zero-order chi connectivity index (χ0) is 14.7. The third-order valence-corrected chi connectivity index (χ3v) is 2.94. The number of benzene rings is 1. The van der Waals surface area contributed by atoms with E-state index in [0.717, 1.165) is 11.1 Å². The van der Waals surface area contributed by atoms with Crippen LogP contribution in [0.5, 0.6) is 0 Å². The summed E-state index contributed by atoms with van der Waals surface area (Å²) in [6.45, 7) is 4.49. The van der Waals surface area contributed by atoms with E-state index in [9.17, 15) is 10.1 Å². The van der Waals surface area contributed by atoms with Gasteiger partial charge in [-0.2, -0.15) is 5.26 Å². The molecule has 0 spiro atoms. The van der Waals surface area contributed by atoms with Gasteiger partial charge in [0.15, 0.2) is 0 Å². The normalized spacial score (nSPS) is 15.4. The van der Waals surface area contributed by atoms with Crippen molar-refractivity contribution in [3.8, 4) is 6.07 Å². The van der Waals surface area contributed by atoms with Crippen LogP contribution in [0.15, 0.2) is 34.8 Å². The van der Waals surface area contributed by atoms with E-state index in [0.29, 0.717) is 24.0 Å². The molecular weight excluding hydrogens is 252 g/mol. The standard InChI is InChI=1S/C15H16N4O/c1-9(2)8-18-15(20)12(7-16)13-10-5-3-4-6-11(10)14(17)19-13/h3-6,9H,8H2,1-2H3,(H2,17,19)(H,18,20)/b13-12-. The summed E-state index contributed by atoms with van der Waals surface area (Å²) in [4.78, 5) is 16.2. The van der Waals surface area contributed by atoms with Crippen molar-refractivity contribution in [2.45, 2.75) is 13.8 Å². The lowest BCUT2D eigenvalue weighted by molar-refractivity contribution is -0.117. The van der Waals surface area contributed by atoms with Gasteiger partial charge in [-0.25, -0.2) is 4.99 Å². The van der Waals surface area contributed by atoms with Gasteiger partial charge in [0.2, 0.25) is 0 Å². The van der Waals surface area contributed by atoms with E-state index >= 15 is 0 Å². The van der Waals surface area contributed by atoms with Gasteiger partial charge in [-0.15, -0.1) is 0 Å². The highest BCUT2D eigenvalue weighted by Crippen LogP contribution is 2.29. The molecule has 20 heavy (non-hydrogen) atoms. The molecule has 0 radical (unpaired) electrons. The second-order valence-corrected chi connectivity index (χ2v) is 4.98. The Balaban J connectivity index is 2.41. The van der Waals surface area contributed by atoms with Crippen LogP contribution in [-0.4, -0.2) is 18.3 Å². The van der Waals surface area contributed by atoms with Crippen LogP contribution in [0.2, 0.25) is 0 Å². The number of rotatable bonds is 3. The molecule has 0 aliphatic carbocycles. The highest BCUT2D eigenvalue weighted by molar-refractivity contribution is 6.14. The van der Waals surface area contributed by atoms with Gasteiger partial charge in [0.1, 0.15) is 17.5 Å². The molecule has 0 unspecified atom stereocenters. The Hall–Kier alpha value is -2.61. The Labute approximate surface area is 117 Å². The van der Waals surface area contributed by atoms with Crippen molar-refractivity contribution < 1.29 is 4.79 Å². The first-order valence-electron chi connectivity index (χ1n) is 6.41. The molecule has 102 valence electrons. The number of amidine groups is 1. The van der Waals surface area contributed by atoms with Crippen molar-refractivity contribution in [1.29, 1.82) is 5.26 Å². The van der Waals surface area contributed by atoms with Gasteiger partial charge in [0, 0.05) is 17.7 Å². The largest absolute Gasteiger partial charge is 0.383 e. The number of nitrogens with two attached hydrogens (primary N) is 1. The molecule has 1 heterocycles. The molecule has 2 rings (SSSR count). The van der Waals surface area contributed by atoms with Crippen LogP contribution in [0.3, 0.4) is 0 Å². The van der Waals surface area contributed by atoms with Gasteiger partial charge in [-0.3, -0.25) is 4.79 Å². The van der Waals surface area contributed by atoms with Gasteiger partial charge in [0.05, 0.1) is 5.70 Å². The summed E-state index contributed by atoms with van der Waals surface area (Å²) < 4.78 is 0. The minimum Gasteiger partial charge on any atom is -0.383 e. The first-order valence-corrected chi connectivity index (χ1v) is 6.41. The molecule has 0 atom stereocenters. The zero-order valence-electron chi connectivity index (χ0n) is 11.5. The molecule has 1 aromatic carbocycles. The zero-order valence-corrected chi connectivity index (χ0v) is 11.5. The molecule has 1 aliphatic heterocycles. The fraction of sp³-hybridized carbons (Fsp3) is 0.267. The molecule has 5 heteroatoms. The lowest BCUT2D eigenvalue weighted by Crippen LogP contribution is -2.28. The number of hydrogen-bond donors (Lipinski definition) is 2. The monoisotopic (exact) mass is 268 g/mol. The minimum atomic E-state index is -0.413. The molecular formula is C15H16N4O. The van der Waals surface area contributed by atoms with E-state index in [1.807, 2.05) is 38.1 Å². The topological polar surface area (TPSA) is 91.3 Å². The Morgan fingerprint density at radius 2 is 2.05 bits per heavy atom. The maximum Gasteiger partial charge on any atom is 0.264 e. The highest BCUT2D eigenvalue weighted by Gasteiger charge is 2.24. The van der Waals surface area contributed by atoms with Crippen molar-refractivity contribution in [3.05, 3.63) is 41.0 Å². The Kier molecular flexibility index (Phi) is 3.85. The summed E-state index contributed by atoms with van der Waals surface area (Å²) in [6, 6.07) is 9.23. The summed E-state index contributed by atoms with van der Waals surface area (Å²) >= 11 is 0. The molecule has 1 aromatic rings. The number of nitrogens with one attached hydrogen (secondary N) is 1. The maximum atomic E-state index is 12.1. The van der Waals surface area contributed by atoms with Crippen molar-refractivity contribution in [2.75, 3.05) is 6.54 Å². The number of hydrogen-bond acceptors (Lipinski definition) is 4. The van der Waals surface area contributed by atoms with E-state index in [1.54, 1.807) is 6.07 Å². The number of carbonyl (C=O) groups is 1. The van der Waals surface area contributed by atoms with Crippen molar-refractivity contribution >= 4 is 17.4 Å². The molecule has 0 aromatic heterocycles. The third kappa shape index (κ3) is 2.54. The van der Waals surface area contributed by atoms with Crippen LogP contribution >= 0.6 is 0 Å². The summed E-state index contributed by atoms with van der Waals surface area (Å²) in [5.41, 5.74) is 7.65. The second kappa shape index (κ2) is 5.57. The van der Waals surface area contributed by atoms with Gasteiger partial charge in [0.25, 0.3) is 5.91 Å². The average molecular weight is 268 g/mol. The summed E-state index contributed by atoms with van der Waals surface area (Å²) in [5, 5.41) is 12.0. The molecule has 0 saturated carbocycles. The maximum absolute atomic E-state index is 12.1. The van der Waals surface area contributed by atoms with Crippen molar-refractivity contribution in [1.82, 2.24) is 5.32 Å². The second-order valence-electron chi connectivity index (χ2n) is 4.98. The first kappa shape index (κ1) is 13.8. The Bertz CT molecular complexity index is 650. The van der Waals surface area contributed by atoms with Gasteiger partial charge >= 0.3 is 0 Å². The Morgan fingerprint density at radius 3 is 2.65 bits per heavy atom. The molecule has 0 fully saturated rings. The quantitative estimate of drug-likeness (QED) is 0.641. The average Bonchev–Trinajstić information content (AvgIpc) is 2.75. The summed E-state index contributed by atoms with van der Waals surface area (Å²) in [5.74, 6) is 0.234. The molecule has 0 bridgehead atoms.